The van der Waals surface area contributed by atoms with Crippen molar-refractivity contribution in [3.05, 3.63) is 30.1 Å². The summed E-state index contributed by atoms with van der Waals surface area (Å²) in [6.45, 7) is 8.06. The van der Waals surface area contributed by atoms with Gasteiger partial charge < -0.3 is 0 Å². The molecule has 12 heavy (non-hydrogen) atoms. The number of hydrogen-bond acceptors (Lipinski definition) is 2. The van der Waals surface area contributed by atoms with Gasteiger partial charge in [-0.3, -0.25) is 0 Å². The number of nitrogens with zero attached hydrogens (tertiary/aromatic N) is 2. The minimum Gasteiger partial charge on any atom is -0.159 e. The highest BCUT2D eigenvalue weighted by Crippen LogP contribution is 2.09. The van der Waals surface area contributed by atoms with Gasteiger partial charge in [0.05, 0.1) is 12.4 Å². The molecule has 0 saturated heterocycles. The van der Waals surface area contributed by atoms with Crippen LogP contribution in [0.2, 0.25) is 0 Å². The van der Waals surface area contributed by atoms with Crippen LogP contribution in [0.3, 0.4) is 0 Å². The van der Waals surface area contributed by atoms with Gasteiger partial charge in [-0.15, -0.1) is 0 Å². The van der Waals surface area contributed by atoms with Gasteiger partial charge >= 0.3 is 0 Å². The number of allylic oxidation sites excluding steroid dienone is 2. The molecular formula is C10H16N2. The SMILES string of the molecule is C/C=C(\C)c1ccnnc1.CC. The van der Waals surface area contributed by atoms with Crippen molar-refractivity contribution in [1.82, 2.24) is 10.2 Å². The minimum absolute atomic E-state index is 1.14. The quantitative estimate of drug-likeness (QED) is 0.637. The Bertz CT molecular complexity index is 227. The Morgan fingerprint density at radius 2 is 2.00 bits per heavy atom. The van der Waals surface area contributed by atoms with Crippen molar-refractivity contribution in [2.45, 2.75) is 27.7 Å². The minimum atomic E-state index is 1.14. The van der Waals surface area contributed by atoms with Crippen LogP contribution in [0.15, 0.2) is 24.5 Å². The van der Waals surface area contributed by atoms with Crippen molar-refractivity contribution in [1.29, 1.82) is 0 Å². The van der Waals surface area contributed by atoms with Crippen molar-refractivity contribution in [3.63, 3.8) is 0 Å². The zero-order valence-corrected chi connectivity index (χ0v) is 8.20. The zero-order chi connectivity index (χ0) is 9.40. The van der Waals surface area contributed by atoms with E-state index < -0.39 is 0 Å². The Hall–Kier alpha value is -1.18. The first-order valence-corrected chi connectivity index (χ1v) is 4.24. The maximum Gasteiger partial charge on any atom is 0.0571 e. The smallest absolute Gasteiger partial charge is 0.0571 e. The summed E-state index contributed by atoms with van der Waals surface area (Å²) in [6.07, 6.45) is 5.51. The lowest BCUT2D eigenvalue weighted by molar-refractivity contribution is 1.02. The molecule has 0 N–H and O–H groups in total. The first-order chi connectivity index (χ1) is 5.84. The van der Waals surface area contributed by atoms with E-state index >= 15 is 0 Å². The van der Waals surface area contributed by atoms with Crippen LogP contribution < -0.4 is 0 Å². The fourth-order valence-electron chi connectivity index (χ4n) is 0.691. The maximum absolute atomic E-state index is 3.76. The van der Waals surface area contributed by atoms with Crippen LogP contribution in [0.25, 0.3) is 5.57 Å². The van der Waals surface area contributed by atoms with Gasteiger partial charge in [0, 0.05) is 0 Å². The molecule has 66 valence electrons. The predicted octanol–water partition coefficient (Wildman–Crippen LogP) is 2.93. The van der Waals surface area contributed by atoms with Crippen molar-refractivity contribution in [2.75, 3.05) is 0 Å². The van der Waals surface area contributed by atoms with Crippen molar-refractivity contribution in [3.8, 4) is 0 Å². The van der Waals surface area contributed by atoms with Crippen LogP contribution in [-0.2, 0) is 0 Å². The molecular weight excluding hydrogens is 148 g/mol. The van der Waals surface area contributed by atoms with Crippen LogP contribution in [-0.4, -0.2) is 10.2 Å². The zero-order valence-electron chi connectivity index (χ0n) is 8.20. The summed E-state index contributed by atoms with van der Waals surface area (Å²) >= 11 is 0. The number of hydrogen-bond donors (Lipinski definition) is 0. The van der Waals surface area contributed by atoms with E-state index in [1.807, 2.05) is 26.8 Å². The average molecular weight is 164 g/mol. The second-order valence-corrected chi connectivity index (χ2v) is 2.10. The topological polar surface area (TPSA) is 25.8 Å². The highest BCUT2D eigenvalue weighted by Gasteiger charge is 1.90. The van der Waals surface area contributed by atoms with Crippen molar-refractivity contribution in [2.24, 2.45) is 0 Å². The summed E-state index contributed by atoms with van der Waals surface area (Å²) in [5.74, 6) is 0. The molecule has 0 aromatic carbocycles. The third-order valence-corrected chi connectivity index (χ3v) is 1.47. The van der Waals surface area contributed by atoms with E-state index in [0.29, 0.717) is 0 Å². The highest BCUT2D eigenvalue weighted by molar-refractivity contribution is 5.61. The van der Waals surface area contributed by atoms with Gasteiger partial charge in [-0.2, -0.15) is 10.2 Å². The second kappa shape index (κ2) is 6.53. The lowest BCUT2D eigenvalue weighted by Crippen LogP contribution is -1.82. The fourth-order valence-corrected chi connectivity index (χ4v) is 0.691. The Morgan fingerprint density at radius 3 is 2.42 bits per heavy atom. The summed E-state index contributed by atoms with van der Waals surface area (Å²) in [5.41, 5.74) is 2.37. The molecule has 1 aromatic heterocycles. The van der Waals surface area contributed by atoms with Gasteiger partial charge in [-0.25, -0.2) is 0 Å². The molecule has 0 amide bonds. The van der Waals surface area contributed by atoms with Crippen LogP contribution >= 0.6 is 0 Å². The lowest BCUT2D eigenvalue weighted by atomic mass is 10.1. The van der Waals surface area contributed by atoms with Gasteiger partial charge in [0.25, 0.3) is 0 Å². The van der Waals surface area contributed by atoms with Gasteiger partial charge in [0.1, 0.15) is 0 Å². The van der Waals surface area contributed by atoms with E-state index in [1.165, 1.54) is 5.57 Å². The molecule has 0 aliphatic rings. The molecule has 2 heteroatoms. The Morgan fingerprint density at radius 1 is 1.33 bits per heavy atom. The average Bonchev–Trinajstić information content (AvgIpc) is 2.21. The third kappa shape index (κ3) is 3.28. The molecule has 0 spiro atoms. The summed E-state index contributed by atoms with van der Waals surface area (Å²) in [6, 6.07) is 1.95. The molecule has 1 aromatic rings. The highest BCUT2D eigenvalue weighted by atomic mass is 15.1. The van der Waals surface area contributed by atoms with E-state index in [1.54, 1.807) is 12.4 Å². The molecule has 0 fully saturated rings. The van der Waals surface area contributed by atoms with Gasteiger partial charge in [0.2, 0.25) is 0 Å². The summed E-state index contributed by atoms with van der Waals surface area (Å²) in [4.78, 5) is 0. The largest absolute Gasteiger partial charge is 0.159 e. The summed E-state index contributed by atoms with van der Waals surface area (Å²) in [7, 11) is 0. The van der Waals surface area contributed by atoms with Gasteiger partial charge in [-0.1, -0.05) is 19.9 Å². The summed E-state index contributed by atoms with van der Waals surface area (Å²) < 4.78 is 0. The first-order valence-electron chi connectivity index (χ1n) is 4.24. The third-order valence-electron chi connectivity index (χ3n) is 1.47. The van der Waals surface area contributed by atoms with Gasteiger partial charge in [-0.05, 0) is 31.1 Å². The normalized spacial score (nSPS) is 10.2. The molecule has 0 atom stereocenters. The van der Waals surface area contributed by atoms with Crippen LogP contribution in [0.1, 0.15) is 33.3 Å². The Labute approximate surface area is 74.3 Å². The molecule has 0 unspecified atom stereocenters. The second-order valence-electron chi connectivity index (χ2n) is 2.10. The fraction of sp³-hybridized carbons (Fsp3) is 0.400. The standard InChI is InChI=1S/C8H10N2.C2H6/c1-3-7(2)8-4-5-9-10-6-8;1-2/h3-6H,1-2H3;1-2H3/b7-3+;. The maximum atomic E-state index is 3.76. The number of rotatable bonds is 1. The van der Waals surface area contributed by atoms with Crippen LogP contribution in [0.4, 0.5) is 0 Å². The Balaban J connectivity index is 0.000000561. The molecule has 2 nitrogen and oxygen atoms in total. The summed E-state index contributed by atoms with van der Waals surface area (Å²) in [5, 5.41) is 7.45. The molecule has 1 rings (SSSR count). The number of aromatic nitrogens is 2. The molecule has 0 radical (unpaired) electrons. The molecule has 1 heterocycles. The molecule has 0 bridgehead atoms. The van der Waals surface area contributed by atoms with E-state index in [0.717, 1.165) is 5.56 Å². The van der Waals surface area contributed by atoms with E-state index in [4.69, 9.17) is 0 Å². The van der Waals surface area contributed by atoms with E-state index in [-0.39, 0.29) is 0 Å². The van der Waals surface area contributed by atoms with Crippen LogP contribution in [0.5, 0.6) is 0 Å². The van der Waals surface area contributed by atoms with E-state index in [9.17, 15) is 0 Å². The monoisotopic (exact) mass is 164 g/mol. The predicted molar refractivity (Wildman–Crippen MR) is 52.7 cm³/mol. The van der Waals surface area contributed by atoms with E-state index in [2.05, 4.69) is 23.2 Å². The van der Waals surface area contributed by atoms with Crippen molar-refractivity contribution < 1.29 is 0 Å². The van der Waals surface area contributed by atoms with Crippen LogP contribution in [0, 0.1) is 0 Å². The molecule has 0 aliphatic heterocycles. The lowest BCUT2D eigenvalue weighted by Gasteiger charge is -1.95. The molecule has 0 saturated carbocycles. The van der Waals surface area contributed by atoms with Crippen molar-refractivity contribution >= 4 is 5.57 Å². The van der Waals surface area contributed by atoms with Gasteiger partial charge in [0.15, 0.2) is 0 Å². The molecule has 0 aliphatic carbocycles. The Kier molecular flexibility index (Phi) is 5.88. The first kappa shape index (κ1) is 10.8.